The molecule has 0 saturated carbocycles. The molecule has 0 fully saturated rings. The van der Waals surface area contributed by atoms with Crippen molar-refractivity contribution >= 4 is 0 Å². The van der Waals surface area contributed by atoms with Crippen LogP contribution in [0.15, 0.2) is 24.3 Å². The summed E-state index contributed by atoms with van der Waals surface area (Å²) >= 11 is 0. The maximum absolute atomic E-state index is 9.96. The van der Waals surface area contributed by atoms with Crippen LogP contribution in [-0.2, 0) is 16.0 Å². The molecule has 1 unspecified atom stereocenters. The lowest BCUT2D eigenvalue weighted by Crippen LogP contribution is -2.32. The highest BCUT2D eigenvalue weighted by molar-refractivity contribution is 5.37. The third-order valence-electron chi connectivity index (χ3n) is 3.09. The highest BCUT2D eigenvalue weighted by Crippen LogP contribution is 2.10. The number of nitriles is 1. The number of aliphatic hydroxyl groups excluding tert-OH is 1. The molecule has 0 aromatic heterocycles. The molecule has 0 bridgehead atoms. The standard InChI is InChI=1S/C17H26N2O3/c1-14(2)22-9-8-21-13-17(20)12-19(3)11-16-7-5-4-6-15(16)10-18/h4-7,14,17,20H,8-9,11-13H2,1-3H3. The fourth-order valence-electron chi connectivity index (χ4n) is 2.10. The van der Waals surface area contributed by atoms with Gasteiger partial charge in [-0.25, -0.2) is 0 Å². The summed E-state index contributed by atoms with van der Waals surface area (Å²) in [5.74, 6) is 0. The fourth-order valence-corrected chi connectivity index (χ4v) is 2.10. The largest absolute Gasteiger partial charge is 0.389 e. The summed E-state index contributed by atoms with van der Waals surface area (Å²) in [7, 11) is 1.92. The number of benzene rings is 1. The van der Waals surface area contributed by atoms with Crippen LogP contribution in [-0.4, -0.2) is 55.6 Å². The van der Waals surface area contributed by atoms with E-state index in [2.05, 4.69) is 6.07 Å². The minimum atomic E-state index is -0.557. The second kappa shape index (κ2) is 10.3. The number of hydrogen-bond acceptors (Lipinski definition) is 5. The van der Waals surface area contributed by atoms with Crippen molar-refractivity contribution in [2.75, 3.05) is 33.4 Å². The minimum absolute atomic E-state index is 0.194. The lowest BCUT2D eigenvalue weighted by Gasteiger charge is -2.21. The third-order valence-corrected chi connectivity index (χ3v) is 3.09. The molecule has 0 heterocycles. The van der Waals surface area contributed by atoms with Crippen molar-refractivity contribution < 1.29 is 14.6 Å². The molecular formula is C17H26N2O3. The lowest BCUT2D eigenvalue weighted by molar-refractivity contribution is -0.0174. The van der Waals surface area contributed by atoms with E-state index >= 15 is 0 Å². The van der Waals surface area contributed by atoms with Gasteiger partial charge in [0.15, 0.2) is 0 Å². The molecule has 0 saturated heterocycles. The first-order valence-corrected chi connectivity index (χ1v) is 7.57. The molecule has 0 aliphatic heterocycles. The van der Waals surface area contributed by atoms with Crippen LogP contribution >= 0.6 is 0 Å². The molecule has 122 valence electrons. The Morgan fingerprint density at radius 1 is 1.27 bits per heavy atom. The molecule has 5 heteroatoms. The zero-order valence-corrected chi connectivity index (χ0v) is 13.7. The van der Waals surface area contributed by atoms with Crippen LogP contribution in [0.5, 0.6) is 0 Å². The highest BCUT2D eigenvalue weighted by atomic mass is 16.5. The number of nitrogens with zero attached hydrogens (tertiary/aromatic N) is 2. The summed E-state index contributed by atoms with van der Waals surface area (Å²) in [6.07, 6.45) is -0.363. The molecule has 1 aromatic carbocycles. The number of likely N-dealkylation sites (N-methyl/N-ethyl adjacent to an activating group) is 1. The number of aliphatic hydroxyl groups is 1. The number of ether oxygens (including phenoxy) is 2. The van der Waals surface area contributed by atoms with E-state index in [1.807, 2.05) is 44.0 Å². The van der Waals surface area contributed by atoms with E-state index in [1.165, 1.54) is 0 Å². The predicted molar refractivity (Wildman–Crippen MR) is 85.4 cm³/mol. The maximum atomic E-state index is 9.96. The Balaban J connectivity index is 2.26. The van der Waals surface area contributed by atoms with Crippen LogP contribution in [0.1, 0.15) is 25.0 Å². The Morgan fingerprint density at radius 2 is 2.00 bits per heavy atom. The van der Waals surface area contributed by atoms with E-state index in [9.17, 15) is 5.11 Å². The minimum Gasteiger partial charge on any atom is -0.389 e. The summed E-state index contributed by atoms with van der Waals surface area (Å²) in [5, 5.41) is 19.0. The van der Waals surface area contributed by atoms with E-state index < -0.39 is 6.10 Å². The molecule has 0 radical (unpaired) electrons. The van der Waals surface area contributed by atoms with Crippen LogP contribution < -0.4 is 0 Å². The van der Waals surface area contributed by atoms with Gasteiger partial charge >= 0.3 is 0 Å². The second-order valence-corrected chi connectivity index (χ2v) is 5.61. The Bertz CT molecular complexity index is 471. The molecule has 0 spiro atoms. The van der Waals surface area contributed by atoms with Gasteiger partial charge in [0, 0.05) is 13.1 Å². The molecule has 1 rings (SSSR count). The zero-order chi connectivity index (χ0) is 16.4. The Kier molecular flexibility index (Phi) is 8.71. The van der Waals surface area contributed by atoms with Gasteiger partial charge in [-0.2, -0.15) is 5.26 Å². The third kappa shape index (κ3) is 7.53. The summed E-state index contributed by atoms with van der Waals surface area (Å²) in [5.41, 5.74) is 1.64. The van der Waals surface area contributed by atoms with E-state index in [0.717, 1.165) is 5.56 Å². The lowest BCUT2D eigenvalue weighted by atomic mass is 10.1. The van der Waals surface area contributed by atoms with Gasteiger partial charge in [0.25, 0.3) is 0 Å². The Morgan fingerprint density at radius 3 is 2.68 bits per heavy atom. The Hall–Kier alpha value is -1.45. The molecule has 5 nitrogen and oxygen atoms in total. The average molecular weight is 306 g/mol. The highest BCUT2D eigenvalue weighted by Gasteiger charge is 2.10. The van der Waals surface area contributed by atoms with E-state index in [1.54, 1.807) is 6.07 Å². The van der Waals surface area contributed by atoms with Crippen LogP contribution in [0.3, 0.4) is 0 Å². The number of hydrogen-bond donors (Lipinski definition) is 1. The van der Waals surface area contributed by atoms with Crippen LogP contribution in [0, 0.1) is 11.3 Å². The van der Waals surface area contributed by atoms with E-state index in [4.69, 9.17) is 14.7 Å². The first-order valence-electron chi connectivity index (χ1n) is 7.57. The van der Waals surface area contributed by atoms with Crippen LogP contribution in [0.25, 0.3) is 0 Å². The van der Waals surface area contributed by atoms with Crippen LogP contribution in [0.2, 0.25) is 0 Å². The Labute approximate surface area is 133 Å². The van der Waals surface area contributed by atoms with Gasteiger partial charge in [-0.1, -0.05) is 18.2 Å². The average Bonchev–Trinajstić information content (AvgIpc) is 2.47. The summed E-state index contributed by atoms with van der Waals surface area (Å²) in [6, 6.07) is 9.68. The molecule has 0 amide bonds. The van der Waals surface area contributed by atoms with Gasteiger partial charge in [0.2, 0.25) is 0 Å². The van der Waals surface area contributed by atoms with Crippen molar-refractivity contribution in [3.05, 3.63) is 35.4 Å². The second-order valence-electron chi connectivity index (χ2n) is 5.61. The van der Waals surface area contributed by atoms with Crippen molar-refractivity contribution in [3.63, 3.8) is 0 Å². The molecular weight excluding hydrogens is 280 g/mol. The van der Waals surface area contributed by atoms with E-state index in [-0.39, 0.29) is 12.7 Å². The smallest absolute Gasteiger partial charge is 0.0995 e. The molecule has 1 N–H and O–H groups in total. The molecule has 1 atom stereocenters. The van der Waals surface area contributed by atoms with Gasteiger partial charge in [-0.15, -0.1) is 0 Å². The van der Waals surface area contributed by atoms with Gasteiger partial charge in [0.05, 0.1) is 43.7 Å². The molecule has 0 aliphatic rings. The quantitative estimate of drug-likeness (QED) is 0.668. The predicted octanol–water partition coefficient (Wildman–Crippen LogP) is 1.79. The number of rotatable bonds is 10. The van der Waals surface area contributed by atoms with Crippen molar-refractivity contribution in [1.82, 2.24) is 4.90 Å². The van der Waals surface area contributed by atoms with Crippen molar-refractivity contribution in [1.29, 1.82) is 5.26 Å². The van der Waals surface area contributed by atoms with Gasteiger partial charge in [-0.3, -0.25) is 4.90 Å². The van der Waals surface area contributed by atoms with Crippen LogP contribution in [0.4, 0.5) is 0 Å². The molecule has 1 aromatic rings. The zero-order valence-electron chi connectivity index (χ0n) is 13.7. The maximum Gasteiger partial charge on any atom is 0.0995 e. The normalized spacial score (nSPS) is 12.6. The van der Waals surface area contributed by atoms with Gasteiger partial charge in [-0.05, 0) is 32.5 Å². The monoisotopic (exact) mass is 306 g/mol. The van der Waals surface area contributed by atoms with Crippen molar-refractivity contribution in [2.45, 2.75) is 32.6 Å². The van der Waals surface area contributed by atoms with E-state index in [0.29, 0.717) is 31.9 Å². The van der Waals surface area contributed by atoms with Crippen molar-refractivity contribution in [2.24, 2.45) is 0 Å². The fraction of sp³-hybridized carbons (Fsp3) is 0.588. The summed E-state index contributed by atoms with van der Waals surface area (Å²) < 4.78 is 10.7. The molecule has 22 heavy (non-hydrogen) atoms. The first-order chi connectivity index (χ1) is 10.5. The van der Waals surface area contributed by atoms with Crippen molar-refractivity contribution in [3.8, 4) is 6.07 Å². The first kappa shape index (κ1) is 18.6. The summed E-state index contributed by atoms with van der Waals surface area (Å²) in [6.45, 7) is 6.37. The van der Waals surface area contributed by atoms with Gasteiger partial charge in [0.1, 0.15) is 0 Å². The topological polar surface area (TPSA) is 65.7 Å². The summed E-state index contributed by atoms with van der Waals surface area (Å²) in [4.78, 5) is 1.98. The molecule has 0 aliphatic carbocycles. The van der Waals surface area contributed by atoms with Gasteiger partial charge < -0.3 is 14.6 Å². The SMILES string of the molecule is CC(C)OCCOCC(O)CN(C)Cc1ccccc1C#N.